The van der Waals surface area contributed by atoms with Crippen molar-refractivity contribution in [3.05, 3.63) is 54.1 Å². The van der Waals surface area contributed by atoms with Crippen molar-refractivity contribution >= 4 is 28.9 Å². The largest absolute Gasteiger partial charge is 0.493 e. The van der Waals surface area contributed by atoms with Crippen molar-refractivity contribution < 1.29 is 14.3 Å². The lowest BCUT2D eigenvalue weighted by Gasteiger charge is -2.13. The smallest absolute Gasteiger partial charge is 0.166 e. The number of carbonyl (C=O) groups is 1. The van der Waals surface area contributed by atoms with Crippen LogP contribution in [0.4, 0.5) is 0 Å². The molecule has 0 saturated heterocycles. The molecule has 0 radical (unpaired) electrons. The summed E-state index contributed by atoms with van der Waals surface area (Å²) < 4.78 is 11.3. The van der Waals surface area contributed by atoms with E-state index in [0.717, 1.165) is 10.4 Å². The average Bonchev–Trinajstić information content (AvgIpc) is 2.55. The van der Waals surface area contributed by atoms with Gasteiger partial charge in [-0.1, -0.05) is 30.4 Å². The third-order valence-corrected chi connectivity index (χ3v) is 3.58. The third-order valence-electron chi connectivity index (χ3n) is 3.30. The molecule has 0 aromatic heterocycles. The molecule has 0 atom stereocenters. The van der Waals surface area contributed by atoms with Crippen molar-refractivity contribution in [2.75, 3.05) is 13.2 Å². The lowest BCUT2D eigenvalue weighted by atomic mass is 9.97. The molecule has 1 aromatic rings. The number of ketones is 1. The number of allylic oxidation sites excluding steroid dienone is 5. The average molecular weight is 328 g/mol. The summed E-state index contributed by atoms with van der Waals surface area (Å²) in [4.78, 5) is 13.0. The fraction of sp³-hybridized carbons (Fsp3) is 0.263. The topological polar surface area (TPSA) is 35.5 Å². The molecular formula is C19H20O3S. The predicted molar refractivity (Wildman–Crippen MR) is 97.2 cm³/mol. The van der Waals surface area contributed by atoms with E-state index in [0.29, 0.717) is 24.7 Å². The minimum absolute atomic E-state index is 0.00579. The highest BCUT2D eigenvalue weighted by molar-refractivity contribution is 7.81. The first-order valence-corrected chi connectivity index (χ1v) is 8.07. The van der Waals surface area contributed by atoms with E-state index in [1.54, 1.807) is 24.3 Å². The number of hydrogen-bond donors (Lipinski definition) is 0. The Labute approximate surface area is 142 Å². The summed E-state index contributed by atoms with van der Waals surface area (Å²) in [7, 11) is 0. The number of hydrogen-bond acceptors (Lipinski definition) is 4. The molecule has 1 aliphatic rings. The van der Waals surface area contributed by atoms with Gasteiger partial charge in [0.1, 0.15) is 11.5 Å². The van der Waals surface area contributed by atoms with Crippen molar-refractivity contribution in [2.45, 2.75) is 13.8 Å². The first-order chi connectivity index (χ1) is 11.2. The molecule has 23 heavy (non-hydrogen) atoms. The normalized spacial score (nSPS) is 14.4. The molecular weight excluding hydrogens is 308 g/mol. The van der Waals surface area contributed by atoms with Crippen LogP contribution in [0.5, 0.6) is 11.5 Å². The molecule has 0 N–H and O–H groups in total. The van der Waals surface area contributed by atoms with Gasteiger partial charge in [-0.3, -0.25) is 4.79 Å². The molecule has 0 heterocycles. The highest BCUT2D eigenvalue weighted by Gasteiger charge is 2.13. The van der Waals surface area contributed by atoms with E-state index in [9.17, 15) is 4.79 Å². The summed E-state index contributed by atoms with van der Waals surface area (Å²) in [6, 6.07) is 5.62. The number of ether oxygens (including phenoxy) is 2. The molecule has 0 aliphatic heterocycles. The Morgan fingerprint density at radius 3 is 2.22 bits per heavy atom. The second-order valence-electron chi connectivity index (χ2n) is 4.92. The fourth-order valence-electron chi connectivity index (χ4n) is 2.23. The van der Waals surface area contributed by atoms with E-state index in [-0.39, 0.29) is 11.7 Å². The molecule has 0 amide bonds. The van der Waals surface area contributed by atoms with Crippen LogP contribution in [0.25, 0.3) is 6.08 Å². The van der Waals surface area contributed by atoms with Gasteiger partial charge in [0.05, 0.1) is 24.7 Å². The first kappa shape index (κ1) is 17.2. The van der Waals surface area contributed by atoms with Gasteiger partial charge in [-0.2, -0.15) is 0 Å². The second-order valence-corrected chi connectivity index (χ2v) is 5.39. The van der Waals surface area contributed by atoms with Gasteiger partial charge in [-0.25, -0.2) is 0 Å². The lowest BCUT2D eigenvalue weighted by molar-refractivity contribution is -0.115. The van der Waals surface area contributed by atoms with Gasteiger partial charge in [-0.15, -0.1) is 0 Å². The third kappa shape index (κ3) is 4.63. The maximum Gasteiger partial charge on any atom is 0.166 e. The van der Waals surface area contributed by atoms with Crippen LogP contribution in [-0.2, 0) is 4.79 Å². The maximum absolute atomic E-state index is 12.3. The minimum Gasteiger partial charge on any atom is -0.493 e. The summed E-state index contributed by atoms with van der Waals surface area (Å²) in [6.07, 6.45) is 10.5. The second kappa shape index (κ2) is 8.44. The molecule has 0 bridgehead atoms. The van der Waals surface area contributed by atoms with Gasteiger partial charge in [-0.05, 0) is 50.3 Å². The van der Waals surface area contributed by atoms with Crippen LogP contribution >= 0.6 is 12.2 Å². The van der Waals surface area contributed by atoms with Gasteiger partial charge in [0, 0.05) is 4.86 Å². The Kier molecular flexibility index (Phi) is 6.29. The van der Waals surface area contributed by atoms with Gasteiger partial charge in [0.2, 0.25) is 0 Å². The fourth-order valence-corrected chi connectivity index (χ4v) is 2.39. The maximum atomic E-state index is 12.3. The molecule has 120 valence electrons. The monoisotopic (exact) mass is 328 g/mol. The van der Waals surface area contributed by atoms with Crippen LogP contribution in [0, 0.1) is 5.92 Å². The Hall–Kier alpha value is -2.20. The Balaban J connectivity index is 2.23. The van der Waals surface area contributed by atoms with Crippen LogP contribution in [0.15, 0.2) is 48.6 Å². The number of benzene rings is 1. The molecule has 4 heteroatoms. The zero-order valence-corrected chi connectivity index (χ0v) is 14.1. The first-order valence-electron chi connectivity index (χ1n) is 7.66. The molecule has 0 saturated carbocycles. The molecule has 2 rings (SSSR count). The Morgan fingerprint density at radius 2 is 1.70 bits per heavy atom. The number of carbonyl (C=O) groups excluding carboxylic acids is 1. The zero-order valence-electron chi connectivity index (χ0n) is 13.3. The SMILES string of the molecule is CCOc1cccc(OCC)c1/C=C/C(=O)C1C=CC(=S)C=C1. The summed E-state index contributed by atoms with van der Waals surface area (Å²) in [5.74, 6) is 1.14. The predicted octanol–water partition coefficient (Wildman–Crippen LogP) is 4.18. The molecule has 0 fully saturated rings. The van der Waals surface area contributed by atoms with Crippen LogP contribution < -0.4 is 9.47 Å². The summed E-state index contributed by atoms with van der Waals surface area (Å²) in [5, 5.41) is 0. The van der Waals surface area contributed by atoms with Gasteiger partial charge in [0.25, 0.3) is 0 Å². The van der Waals surface area contributed by atoms with Crippen molar-refractivity contribution in [1.29, 1.82) is 0 Å². The van der Waals surface area contributed by atoms with Gasteiger partial charge in [0.15, 0.2) is 5.78 Å². The summed E-state index contributed by atoms with van der Waals surface area (Å²) >= 11 is 5.04. The Bertz CT molecular complexity index is 631. The zero-order chi connectivity index (χ0) is 16.7. The van der Waals surface area contributed by atoms with Crippen molar-refractivity contribution in [3.63, 3.8) is 0 Å². The summed E-state index contributed by atoms with van der Waals surface area (Å²) in [6.45, 7) is 4.95. The van der Waals surface area contributed by atoms with Crippen LogP contribution in [0.1, 0.15) is 19.4 Å². The van der Waals surface area contributed by atoms with Gasteiger partial charge >= 0.3 is 0 Å². The van der Waals surface area contributed by atoms with Crippen LogP contribution in [0.2, 0.25) is 0 Å². The van der Waals surface area contributed by atoms with Crippen LogP contribution in [0.3, 0.4) is 0 Å². The van der Waals surface area contributed by atoms with E-state index in [1.807, 2.05) is 44.2 Å². The standard InChI is InChI=1S/C19H20O3S/c1-3-21-18-6-5-7-19(22-4-2)16(18)12-13-17(20)14-8-10-15(23)11-9-14/h5-14H,3-4H2,1-2H3/b13-12+. The van der Waals surface area contributed by atoms with Crippen LogP contribution in [-0.4, -0.2) is 23.9 Å². The van der Waals surface area contributed by atoms with E-state index < -0.39 is 0 Å². The Morgan fingerprint density at radius 1 is 1.13 bits per heavy atom. The highest BCUT2D eigenvalue weighted by Crippen LogP contribution is 2.30. The van der Waals surface area contributed by atoms with E-state index in [4.69, 9.17) is 21.7 Å². The van der Waals surface area contributed by atoms with Crippen molar-refractivity contribution in [2.24, 2.45) is 5.92 Å². The molecule has 1 aliphatic carbocycles. The molecule has 1 aromatic carbocycles. The van der Waals surface area contributed by atoms with E-state index in [1.165, 1.54) is 0 Å². The lowest BCUT2D eigenvalue weighted by Crippen LogP contribution is -2.09. The van der Waals surface area contributed by atoms with Crippen molar-refractivity contribution in [1.82, 2.24) is 0 Å². The quantitative estimate of drug-likeness (QED) is 0.556. The molecule has 0 unspecified atom stereocenters. The molecule has 3 nitrogen and oxygen atoms in total. The highest BCUT2D eigenvalue weighted by atomic mass is 32.1. The number of thiocarbonyl (C=S) groups is 1. The minimum atomic E-state index is -0.271. The van der Waals surface area contributed by atoms with E-state index in [2.05, 4.69) is 0 Å². The van der Waals surface area contributed by atoms with E-state index >= 15 is 0 Å². The molecule has 0 spiro atoms. The summed E-state index contributed by atoms with van der Waals surface area (Å²) in [5.41, 5.74) is 0.781. The van der Waals surface area contributed by atoms with Crippen molar-refractivity contribution in [3.8, 4) is 11.5 Å². The van der Waals surface area contributed by atoms with Gasteiger partial charge < -0.3 is 9.47 Å². The number of rotatable bonds is 7.